The summed E-state index contributed by atoms with van der Waals surface area (Å²) in [6.45, 7) is 7.09. The van der Waals surface area contributed by atoms with E-state index in [0.29, 0.717) is 6.61 Å². The maximum Gasteiger partial charge on any atom is 0.304 e. The van der Waals surface area contributed by atoms with E-state index in [1.165, 1.54) is 5.56 Å². The summed E-state index contributed by atoms with van der Waals surface area (Å²) in [4.78, 5) is 11.4. The zero-order valence-corrected chi connectivity index (χ0v) is 17.1. The molecule has 3 aromatic rings. The van der Waals surface area contributed by atoms with Gasteiger partial charge in [-0.05, 0) is 50.9 Å². The van der Waals surface area contributed by atoms with Gasteiger partial charge in [-0.15, -0.1) is 0 Å². The van der Waals surface area contributed by atoms with Crippen molar-refractivity contribution in [2.45, 2.75) is 45.1 Å². The first-order valence-corrected chi connectivity index (χ1v) is 10.00. The van der Waals surface area contributed by atoms with Crippen molar-refractivity contribution in [1.82, 2.24) is 0 Å². The molecule has 4 rings (SSSR count). The molecule has 0 aliphatic heterocycles. The fourth-order valence-corrected chi connectivity index (χ4v) is 4.04. The van der Waals surface area contributed by atoms with Gasteiger partial charge in [0, 0.05) is 5.92 Å². The van der Waals surface area contributed by atoms with Gasteiger partial charge in [0.2, 0.25) is 0 Å². The molecular weight excluding hydrogens is 360 g/mol. The average Bonchev–Trinajstić information content (AvgIpc) is 2.99. The molecule has 1 aliphatic carbocycles. The van der Waals surface area contributed by atoms with Crippen molar-refractivity contribution in [2.75, 3.05) is 0 Å². The molecule has 0 heterocycles. The van der Waals surface area contributed by atoms with Gasteiger partial charge in [-0.1, -0.05) is 75.4 Å². The average molecular weight is 386 g/mol. The van der Waals surface area contributed by atoms with Crippen LogP contribution in [0.15, 0.2) is 66.7 Å². The van der Waals surface area contributed by atoms with Gasteiger partial charge in [-0.25, -0.2) is 0 Å². The fourth-order valence-electron chi connectivity index (χ4n) is 4.04. The van der Waals surface area contributed by atoms with Gasteiger partial charge in [-0.3, -0.25) is 4.79 Å². The van der Waals surface area contributed by atoms with Gasteiger partial charge in [-0.2, -0.15) is 0 Å². The highest BCUT2D eigenvalue weighted by atomic mass is 16.5. The summed E-state index contributed by atoms with van der Waals surface area (Å²) in [5, 5.41) is 9.39. The number of carboxylic acid groups (broad SMARTS) is 1. The molecule has 3 nitrogen and oxygen atoms in total. The topological polar surface area (TPSA) is 46.5 Å². The van der Waals surface area contributed by atoms with E-state index in [-0.39, 0.29) is 17.8 Å². The zero-order chi connectivity index (χ0) is 20.6. The maximum atomic E-state index is 11.4. The van der Waals surface area contributed by atoms with Gasteiger partial charge >= 0.3 is 5.97 Å². The highest BCUT2D eigenvalue weighted by Crippen LogP contribution is 2.47. The van der Waals surface area contributed by atoms with E-state index in [0.717, 1.165) is 33.6 Å². The lowest BCUT2D eigenvalue weighted by Gasteiger charge is -2.19. The third-order valence-electron chi connectivity index (χ3n) is 5.63. The van der Waals surface area contributed by atoms with Crippen LogP contribution in [0.5, 0.6) is 5.75 Å². The minimum atomic E-state index is -0.789. The minimum Gasteiger partial charge on any atom is -0.489 e. The highest BCUT2D eigenvalue weighted by Gasteiger charge is 2.30. The predicted molar refractivity (Wildman–Crippen MR) is 115 cm³/mol. The fraction of sp³-hybridized carbons (Fsp3) is 0.269. The molecule has 0 spiro atoms. The second kappa shape index (κ2) is 7.40. The number of hydrogen-bond acceptors (Lipinski definition) is 2. The van der Waals surface area contributed by atoms with Crippen molar-refractivity contribution in [3.05, 3.63) is 89.0 Å². The molecule has 148 valence electrons. The molecular formula is C26H26O3. The molecule has 1 atom stereocenters. The van der Waals surface area contributed by atoms with Crippen molar-refractivity contribution >= 4 is 5.97 Å². The van der Waals surface area contributed by atoms with Gasteiger partial charge in [0.05, 0.1) is 6.42 Å². The van der Waals surface area contributed by atoms with E-state index >= 15 is 0 Å². The van der Waals surface area contributed by atoms with Crippen LogP contribution >= 0.6 is 0 Å². The smallest absolute Gasteiger partial charge is 0.304 e. The maximum absolute atomic E-state index is 11.4. The minimum absolute atomic E-state index is 0.0851. The van der Waals surface area contributed by atoms with E-state index in [1.807, 2.05) is 36.4 Å². The Morgan fingerprint density at radius 3 is 2.31 bits per heavy atom. The lowest BCUT2D eigenvalue weighted by molar-refractivity contribution is -0.137. The van der Waals surface area contributed by atoms with E-state index in [4.69, 9.17) is 4.74 Å². The molecule has 0 amide bonds. The number of rotatable bonds is 5. The van der Waals surface area contributed by atoms with Gasteiger partial charge < -0.3 is 9.84 Å². The Labute approximate surface area is 172 Å². The Morgan fingerprint density at radius 1 is 0.931 bits per heavy atom. The Balaban J connectivity index is 1.55. The van der Waals surface area contributed by atoms with Crippen molar-refractivity contribution in [3.8, 4) is 16.9 Å². The van der Waals surface area contributed by atoms with Crippen LogP contribution in [0.25, 0.3) is 11.1 Å². The van der Waals surface area contributed by atoms with Gasteiger partial charge in [0.25, 0.3) is 0 Å². The molecule has 0 saturated carbocycles. The summed E-state index contributed by atoms with van der Waals surface area (Å²) in [5.41, 5.74) is 6.89. The summed E-state index contributed by atoms with van der Waals surface area (Å²) >= 11 is 0. The molecule has 1 aliphatic rings. The Bertz CT molecular complexity index is 1040. The van der Waals surface area contributed by atoms with E-state index in [9.17, 15) is 9.90 Å². The second-order valence-corrected chi connectivity index (χ2v) is 8.72. The third-order valence-corrected chi connectivity index (χ3v) is 5.63. The Hall–Kier alpha value is -3.07. The van der Waals surface area contributed by atoms with Crippen LogP contribution in [0.2, 0.25) is 0 Å². The van der Waals surface area contributed by atoms with Crippen molar-refractivity contribution in [3.63, 3.8) is 0 Å². The van der Waals surface area contributed by atoms with E-state index < -0.39 is 5.97 Å². The molecule has 0 fully saturated rings. The lowest BCUT2D eigenvalue weighted by atomic mass is 9.87. The van der Waals surface area contributed by atoms with Crippen molar-refractivity contribution in [1.29, 1.82) is 0 Å². The zero-order valence-electron chi connectivity index (χ0n) is 17.1. The first kappa shape index (κ1) is 19.3. The number of carboxylic acids is 1. The van der Waals surface area contributed by atoms with Crippen molar-refractivity contribution in [2.24, 2.45) is 0 Å². The first-order valence-electron chi connectivity index (χ1n) is 10.00. The van der Waals surface area contributed by atoms with Gasteiger partial charge in [0.1, 0.15) is 12.4 Å². The van der Waals surface area contributed by atoms with Crippen LogP contribution < -0.4 is 4.74 Å². The quantitative estimate of drug-likeness (QED) is 0.572. The summed E-state index contributed by atoms with van der Waals surface area (Å²) in [6, 6.07) is 22.6. The summed E-state index contributed by atoms with van der Waals surface area (Å²) in [7, 11) is 0. The molecule has 1 unspecified atom stereocenters. The third kappa shape index (κ3) is 3.91. The van der Waals surface area contributed by atoms with E-state index in [1.54, 1.807) is 0 Å². The van der Waals surface area contributed by atoms with E-state index in [2.05, 4.69) is 51.1 Å². The lowest BCUT2D eigenvalue weighted by Crippen LogP contribution is -2.10. The first-order chi connectivity index (χ1) is 13.8. The largest absolute Gasteiger partial charge is 0.489 e. The van der Waals surface area contributed by atoms with Crippen LogP contribution in [0.4, 0.5) is 0 Å². The number of carbonyl (C=O) groups is 1. The number of aliphatic carboxylic acids is 1. The van der Waals surface area contributed by atoms with Crippen LogP contribution in [0.1, 0.15) is 55.4 Å². The molecule has 3 aromatic carbocycles. The SMILES string of the molecule is CC(C)(C)c1ccc(COc2ccc3c(c2)C(CC(=O)O)c2ccccc2-3)cc1. The van der Waals surface area contributed by atoms with Crippen LogP contribution in [0, 0.1) is 0 Å². The standard InChI is InChI=1S/C26H26O3/c1-26(2,3)18-10-8-17(9-11-18)16-29-19-12-13-22-20-6-4-5-7-21(20)24(15-25(27)28)23(22)14-19/h4-14,24H,15-16H2,1-3H3,(H,27,28). The Morgan fingerprint density at radius 2 is 1.62 bits per heavy atom. The summed E-state index contributed by atoms with van der Waals surface area (Å²) in [5.74, 6) is -0.150. The second-order valence-electron chi connectivity index (χ2n) is 8.72. The summed E-state index contributed by atoms with van der Waals surface area (Å²) < 4.78 is 6.05. The van der Waals surface area contributed by atoms with Crippen LogP contribution in [-0.2, 0) is 16.8 Å². The summed E-state index contributed by atoms with van der Waals surface area (Å²) in [6.07, 6.45) is 0.0851. The molecule has 0 saturated heterocycles. The van der Waals surface area contributed by atoms with Gasteiger partial charge in [0.15, 0.2) is 0 Å². The number of benzene rings is 3. The number of fused-ring (bicyclic) bond motifs is 3. The van der Waals surface area contributed by atoms with Crippen molar-refractivity contribution < 1.29 is 14.6 Å². The monoisotopic (exact) mass is 386 g/mol. The van der Waals surface area contributed by atoms with Crippen LogP contribution in [0.3, 0.4) is 0 Å². The normalized spacial score (nSPS) is 14.9. The number of ether oxygens (including phenoxy) is 1. The predicted octanol–water partition coefficient (Wildman–Crippen LogP) is 6.15. The highest BCUT2D eigenvalue weighted by molar-refractivity contribution is 5.82. The molecule has 29 heavy (non-hydrogen) atoms. The Kier molecular flexibility index (Phi) is 4.91. The molecule has 0 radical (unpaired) electrons. The molecule has 1 N–H and O–H groups in total. The molecule has 0 bridgehead atoms. The molecule has 3 heteroatoms. The number of hydrogen-bond donors (Lipinski definition) is 1. The molecule has 0 aromatic heterocycles. The van der Waals surface area contributed by atoms with Crippen LogP contribution in [-0.4, -0.2) is 11.1 Å².